The number of ether oxygens (including phenoxy) is 1. The van der Waals surface area contributed by atoms with Gasteiger partial charge < -0.3 is 15.0 Å². The summed E-state index contributed by atoms with van der Waals surface area (Å²) in [4.78, 5) is 6.98. The van der Waals surface area contributed by atoms with Crippen molar-refractivity contribution < 1.29 is 4.74 Å². The van der Waals surface area contributed by atoms with Gasteiger partial charge >= 0.3 is 0 Å². The predicted octanol–water partition coefficient (Wildman–Crippen LogP) is 3.95. The van der Waals surface area contributed by atoms with Gasteiger partial charge in [-0.1, -0.05) is 42.5 Å². The molecule has 0 amide bonds. The van der Waals surface area contributed by atoms with Crippen LogP contribution < -0.4 is 15.0 Å². The summed E-state index contributed by atoms with van der Waals surface area (Å²) in [5.74, 6) is 3.04. The molecule has 1 aromatic heterocycles. The van der Waals surface area contributed by atoms with Crippen molar-refractivity contribution in [2.24, 2.45) is 5.92 Å². The zero-order chi connectivity index (χ0) is 19.9. The van der Waals surface area contributed by atoms with E-state index in [1.54, 1.807) is 13.3 Å². The lowest BCUT2D eigenvalue weighted by molar-refractivity contribution is 0.402. The third-order valence-corrected chi connectivity index (χ3v) is 5.46. The number of rotatable bonds is 7. The molecule has 2 aromatic carbocycles. The Morgan fingerprint density at radius 1 is 1.00 bits per heavy atom. The van der Waals surface area contributed by atoms with Crippen molar-refractivity contribution in [1.29, 1.82) is 0 Å². The van der Waals surface area contributed by atoms with Crippen molar-refractivity contribution in [3.63, 3.8) is 0 Å². The molecule has 6 nitrogen and oxygen atoms in total. The number of benzene rings is 2. The Hall–Kier alpha value is -3.15. The highest BCUT2D eigenvalue weighted by molar-refractivity contribution is 5.41. The van der Waals surface area contributed by atoms with Crippen LogP contribution >= 0.6 is 0 Å². The van der Waals surface area contributed by atoms with Gasteiger partial charge in [0.2, 0.25) is 5.95 Å². The van der Waals surface area contributed by atoms with Gasteiger partial charge in [0.25, 0.3) is 0 Å². The van der Waals surface area contributed by atoms with Gasteiger partial charge in [0.1, 0.15) is 5.75 Å². The van der Waals surface area contributed by atoms with Crippen LogP contribution in [0.15, 0.2) is 60.8 Å². The van der Waals surface area contributed by atoms with Crippen LogP contribution in [0, 0.1) is 5.92 Å². The Morgan fingerprint density at radius 2 is 1.76 bits per heavy atom. The summed E-state index contributed by atoms with van der Waals surface area (Å²) >= 11 is 0. The van der Waals surface area contributed by atoms with Gasteiger partial charge in [0.15, 0.2) is 5.82 Å². The Balaban J connectivity index is 1.30. The number of aromatic nitrogens is 3. The third-order valence-electron chi connectivity index (χ3n) is 5.46. The van der Waals surface area contributed by atoms with Crippen LogP contribution in [0.1, 0.15) is 24.0 Å². The maximum absolute atomic E-state index is 5.19. The summed E-state index contributed by atoms with van der Waals surface area (Å²) < 4.78 is 5.19. The summed E-state index contributed by atoms with van der Waals surface area (Å²) in [5.41, 5.74) is 2.57. The molecule has 1 aliphatic rings. The lowest BCUT2D eigenvalue weighted by Crippen LogP contribution is -2.35. The minimum atomic E-state index is 0.560. The zero-order valence-corrected chi connectivity index (χ0v) is 16.8. The topological polar surface area (TPSA) is 63.2 Å². The molecule has 0 atom stereocenters. The molecular weight excluding hydrogens is 362 g/mol. The lowest BCUT2D eigenvalue weighted by atomic mass is 9.90. The molecule has 150 valence electrons. The van der Waals surface area contributed by atoms with E-state index in [1.807, 2.05) is 24.3 Å². The van der Waals surface area contributed by atoms with E-state index in [0.29, 0.717) is 12.5 Å². The van der Waals surface area contributed by atoms with E-state index in [4.69, 9.17) is 4.74 Å². The Morgan fingerprint density at radius 3 is 2.48 bits per heavy atom. The van der Waals surface area contributed by atoms with Crippen LogP contribution in [0.4, 0.5) is 11.8 Å². The summed E-state index contributed by atoms with van der Waals surface area (Å²) in [6.07, 6.45) is 5.27. The Bertz CT molecular complexity index is 893. The summed E-state index contributed by atoms with van der Waals surface area (Å²) in [6, 6.07) is 18.7. The minimum absolute atomic E-state index is 0.560. The SMILES string of the molecule is COc1ccc(CNc2nncc(N3CCC(Cc4ccccc4)CC3)n2)cc1. The third kappa shape index (κ3) is 5.22. The van der Waals surface area contributed by atoms with E-state index in [0.717, 1.165) is 42.6 Å². The fourth-order valence-electron chi connectivity index (χ4n) is 3.76. The fourth-order valence-corrected chi connectivity index (χ4v) is 3.76. The second-order valence-electron chi connectivity index (χ2n) is 7.46. The quantitative estimate of drug-likeness (QED) is 0.660. The van der Waals surface area contributed by atoms with Crippen LogP contribution in [-0.4, -0.2) is 35.4 Å². The van der Waals surface area contributed by atoms with E-state index in [-0.39, 0.29) is 0 Å². The maximum atomic E-state index is 5.19. The molecule has 1 aliphatic heterocycles. The second-order valence-corrected chi connectivity index (χ2v) is 7.46. The molecular formula is C23H27N5O. The fraction of sp³-hybridized carbons (Fsp3) is 0.348. The largest absolute Gasteiger partial charge is 0.497 e. The Kier molecular flexibility index (Phi) is 6.19. The van der Waals surface area contributed by atoms with Crippen molar-refractivity contribution >= 4 is 11.8 Å². The highest BCUT2D eigenvalue weighted by Crippen LogP contribution is 2.24. The molecule has 0 bridgehead atoms. The molecule has 0 aliphatic carbocycles. The van der Waals surface area contributed by atoms with Crippen LogP contribution in [0.3, 0.4) is 0 Å². The second kappa shape index (κ2) is 9.37. The summed E-state index contributed by atoms with van der Waals surface area (Å²) in [6.45, 7) is 2.66. The number of nitrogens with one attached hydrogen (secondary N) is 1. The van der Waals surface area contributed by atoms with Gasteiger partial charge in [-0.15, -0.1) is 5.10 Å². The normalized spacial score (nSPS) is 14.6. The number of hydrogen-bond donors (Lipinski definition) is 1. The smallest absolute Gasteiger partial charge is 0.244 e. The van der Waals surface area contributed by atoms with Crippen molar-refractivity contribution in [2.75, 3.05) is 30.4 Å². The molecule has 0 saturated carbocycles. The van der Waals surface area contributed by atoms with E-state index >= 15 is 0 Å². The van der Waals surface area contributed by atoms with Crippen LogP contribution in [0.2, 0.25) is 0 Å². The van der Waals surface area contributed by atoms with Crippen molar-refractivity contribution in [3.8, 4) is 5.75 Å². The van der Waals surface area contributed by atoms with Gasteiger partial charge in [0, 0.05) is 19.6 Å². The predicted molar refractivity (Wildman–Crippen MR) is 115 cm³/mol. The molecule has 1 fully saturated rings. The highest BCUT2D eigenvalue weighted by atomic mass is 16.5. The monoisotopic (exact) mass is 389 g/mol. The lowest BCUT2D eigenvalue weighted by Gasteiger charge is -2.32. The molecule has 0 unspecified atom stereocenters. The van der Waals surface area contributed by atoms with E-state index in [9.17, 15) is 0 Å². The molecule has 1 N–H and O–H groups in total. The van der Waals surface area contributed by atoms with Gasteiger partial charge in [-0.3, -0.25) is 0 Å². The molecule has 0 radical (unpaired) electrons. The average Bonchev–Trinajstić information content (AvgIpc) is 2.79. The van der Waals surface area contributed by atoms with Gasteiger partial charge in [-0.2, -0.15) is 10.1 Å². The standard InChI is InChI=1S/C23H27N5O/c1-29-21-9-7-20(8-10-21)16-24-23-26-22(17-25-27-23)28-13-11-19(12-14-28)15-18-5-3-2-4-6-18/h2-10,17,19H,11-16H2,1H3,(H,24,26,27). The number of piperidine rings is 1. The molecule has 3 aromatic rings. The first-order valence-corrected chi connectivity index (χ1v) is 10.2. The molecule has 1 saturated heterocycles. The van der Waals surface area contributed by atoms with E-state index in [1.165, 1.54) is 18.4 Å². The van der Waals surface area contributed by atoms with E-state index < -0.39 is 0 Å². The first kappa shape index (κ1) is 19.2. The van der Waals surface area contributed by atoms with Gasteiger partial charge in [-0.25, -0.2) is 0 Å². The number of anilines is 2. The molecule has 2 heterocycles. The van der Waals surface area contributed by atoms with Crippen molar-refractivity contribution in [3.05, 3.63) is 71.9 Å². The van der Waals surface area contributed by atoms with Crippen molar-refractivity contribution in [2.45, 2.75) is 25.8 Å². The summed E-state index contributed by atoms with van der Waals surface area (Å²) in [7, 11) is 1.67. The number of methoxy groups -OCH3 is 1. The first-order valence-electron chi connectivity index (χ1n) is 10.2. The number of nitrogens with zero attached hydrogens (tertiary/aromatic N) is 4. The minimum Gasteiger partial charge on any atom is -0.497 e. The molecule has 29 heavy (non-hydrogen) atoms. The van der Waals surface area contributed by atoms with Crippen LogP contribution in [-0.2, 0) is 13.0 Å². The first-order chi connectivity index (χ1) is 14.3. The van der Waals surface area contributed by atoms with Crippen LogP contribution in [0.25, 0.3) is 0 Å². The zero-order valence-electron chi connectivity index (χ0n) is 16.8. The summed E-state index contributed by atoms with van der Waals surface area (Å²) in [5, 5.41) is 11.5. The van der Waals surface area contributed by atoms with Crippen LogP contribution in [0.5, 0.6) is 5.75 Å². The van der Waals surface area contributed by atoms with Gasteiger partial charge in [0.05, 0.1) is 13.3 Å². The molecule has 6 heteroatoms. The Labute approximate surface area is 172 Å². The maximum Gasteiger partial charge on any atom is 0.244 e. The average molecular weight is 390 g/mol. The highest BCUT2D eigenvalue weighted by Gasteiger charge is 2.21. The molecule has 0 spiro atoms. The molecule has 4 rings (SSSR count). The number of hydrogen-bond acceptors (Lipinski definition) is 6. The van der Waals surface area contributed by atoms with Gasteiger partial charge in [-0.05, 0) is 48.4 Å². The van der Waals surface area contributed by atoms with E-state index in [2.05, 4.69) is 55.7 Å². The van der Waals surface area contributed by atoms with Crippen molar-refractivity contribution in [1.82, 2.24) is 15.2 Å².